The van der Waals surface area contributed by atoms with Crippen molar-refractivity contribution < 1.29 is 23.6 Å². The van der Waals surface area contributed by atoms with Crippen molar-refractivity contribution in [3.05, 3.63) is 81.7 Å². The molecule has 0 aliphatic heterocycles. The van der Waals surface area contributed by atoms with Gasteiger partial charge in [-0.05, 0) is 36.8 Å². The molecule has 0 spiro atoms. The molecule has 0 bridgehead atoms. The quantitative estimate of drug-likeness (QED) is 0.237. The maximum absolute atomic E-state index is 13.1. The van der Waals surface area contributed by atoms with Crippen LogP contribution in [0.2, 0.25) is 0 Å². The molecule has 0 fully saturated rings. The Hall–Kier alpha value is -3.09. The Morgan fingerprint density at radius 3 is 2.27 bits per heavy atom. The molecule has 136 valence electrons. The Bertz CT molecular complexity index is 776. The zero-order valence-corrected chi connectivity index (χ0v) is 14.1. The molecule has 0 unspecified atom stereocenters. The molecule has 0 saturated heterocycles. The Morgan fingerprint density at radius 2 is 1.73 bits per heavy atom. The van der Waals surface area contributed by atoms with Gasteiger partial charge < -0.3 is 4.74 Å². The van der Waals surface area contributed by atoms with E-state index in [9.17, 15) is 24.1 Å². The number of halogens is 1. The van der Waals surface area contributed by atoms with Crippen LogP contribution in [0.15, 0.2) is 54.6 Å². The average Bonchev–Trinajstić information content (AvgIpc) is 2.62. The molecular formula is C19H18FNO5. The second-order valence-electron chi connectivity index (χ2n) is 5.63. The van der Waals surface area contributed by atoms with Gasteiger partial charge in [-0.25, -0.2) is 4.39 Å². The van der Waals surface area contributed by atoms with Crippen LogP contribution in [0.1, 0.15) is 28.8 Å². The first kappa shape index (κ1) is 19.2. The van der Waals surface area contributed by atoms with E-state index in [1.807, 2.05) is 0 Å². The van der Waals surface area contributed by atoms with Gasteiger partial charge in [-0.1, -0.05) is 30.3 Å². The number of nitrogens with zero attached hydrogens (tertiary/aromatic N) is 1. The molecule has 0 radical (unpaired) electrons. The first-order valence-corrected chi connectivity index (χ1v) is 8.07. The van der Waals surface area contributed by atoms with Crippen molar-refractivity contribution in [2.24, 2.45) is 5.92 Å². The van der Waals surface area contributed by atoms with Crippen LogP contribution in [-0.2, 0) is 9.53 Å². The number of hydrogen-bond acceptors (Lipinski definition) is 5. The summed E-state index contributed by atoms with van der Waals surface area (Å²) in [5.41, 5.74) is 0.575. The number of benzene rings is 2. The molecule has 2 aromatic rings. The highest BCUT2D eigenvalue weighted by molar-refractivity contribution is 6.09. The summed E-state index contributed by atoms with van der Waals surface area (Å²) in [6.07, 6.45) is 0. The minimum atomic E-state index is -1.40. The van der Waals surface area contributed by atoms with Gasteiger partial charge in [-0.2, -0.15) is 0 Å². The zero-order valence-electron chi connectivity index (χ0n) is 14.1. The van der Waals surface area contributed by atoms with E-state index in [0.717, 1.165) is 12.1 Å². The van der Waals surface area contributed by atoms with E-state index in [1.165, 1.54) is 12.1 Å². The number of esters is 1. The van der Waals surface area contributed by atoms with E-state index in [-0.39, 0.29) is 12.2 Å². The molecule has 0 N–H and O–H groups in total. The lowest BCUT2D eigenvalue weighted by Gasteiger charge is -2.22. The molecule has 2 aromatic carbocycles. The SMILES string of the molecule is CCOC(=O)[C@H](C(=O)c1ccc(F)cc1)[C@H](C[N+](=O)[O-])c1ccccc1. The molecular weight excluding hydrogens is 341 g/mol. The summed E-state index contributed by atoms with van der Waals surface area (Å²) in [5.74, 6) is -4.40. The Kier molecular flexibility index (Phi) is 6.54. The van der Waals surface area contributed by atoms with Crippen LogP contribution in [-0.4, -0.2) is 29.8 Å². The van der Waals surface area contributed by atoms with Crippen LogP contribution in [0.5, 0.6) is 0 Å². The van der Waals surface area contributed by atoms with Crippen molar-refractivity contribution in [2.75, 3.05) is 13.2 Å². The molecule has 0 heterocycles. The van der Waals surface area contributed by atoms with Gasteiger partial charge in [0.1, 0.15) is 11.7 Å². The van der Waals surface area contributed by atoms with Gasteiger partial charge in [0.2, 0.25) is 6.54 Å². The molecule has 6 nitrogen and oxygen atoms in total. The van der Waals surface area contributed by atoms with E-state index >= 15 is 0 Å². The van der Waals surface area contributed by atoms with Crippen LogP contribution in [0.3, 0.4) is 0 Å². The average molecular weight is 359 g/mol. The number of ether oxygens (including phenoxy) is 1. The van der Waals surface area contributed by atoms with E-state index in [4.69, 9.17) is 4.74 Å². The monoisotopic (exact) mass is 359 g/mol. The van der Waals surface area contributed by atoms with Gasteiger partial charge in [-0.15, -0.1) is 0 Å². The fourth-order valence-electron chi connectivity index (χ4n) is 2.74. The van der Waals surface area contributed by atoms with Gasteiger partial charge in [0, 0.05) is 10.5 Å². The van der Waals surface area contributed by atoms with Crippen LogP contribution < -0.4 is 0 Å². The highest BCUT2D eigenvalue weighted by Crippen LogP contribution is 2.29. The first-order valence-electron chi connectivity index (χ1n) is 8.07. The fourth-order valence-corrected chi connectivity index (χ4v) is 2.74. The number of Topliss-reactive ketones (excluding diaryl/α,β-unsaturated/α-hetero) is 1. The molecule has 0 aliphatic carbocycles. The van der Waals surface area contributed by atoms with E-state index in [2.05, 4.69) is 0 Å². The predicted octanol–water partition coefficient (Wildman–Crippen LogP) is 3.25. The summed E-state index contributed by atoms with van der Waals surface area (Å²) < 4.78 is 18.1. The van der Waals surface area contributed by atoms with Crippen molar-refractivity contribution in [1.82, 2.24) is 0 Å². The highest BCUT2D eigenvalue weighted by atomic mass is 19.1. The van der Waals surface area contributed by atoms with Gasteiger partial charge in [0.15, 0.2) is 5.78 Å². The standard InChI is InChI=1S/C19H18FNO5/c1-2-26-19(23)17(18(22)14-8-10-15(20)11-9-14)16(12-21(24)25)13-6-4-3-5-7-13/h3-11,16-17H,2,12H2,1H3/t16-,17+/m1/s1. The van der Waals surface area contributed by atoms with Crippen molar-refractivity contribution in [2.45, 2.75) is 12.8 Å². The second-order valence-corrected chi connectivity index (χ2v) is 5.63. The Balaban J connectivity index is 2.49. The topological polar surface area (TPSA) is 86.5 Å². The minimum absolute atomic E-state index is 0.0337. The Morgan fingerprint density at radius 1 is 1.12 bits per heavy atom. The molecule has 0 aliphatic rings. The number of nitro groups is 1. The summed E-state index contributed by atoms with van der Waals surface area (Å²) in [6, 6.07) is 13.0. The fraction of sp³-hybridized carbons (Fsp3) is 0.263. The molecule has 2 atom stereocenters. The zero-order chi connectivity index (χ0) is 19.1. The van der Waals surface area contributed by atoms with Gasteiger partial charge in [0.05, 0.1) is 12.5 Å². The van der Waals surface area contributed by atoms with Crippen molar-refractivity contribution in [3.63, 3.8) is 0 Å². The molecule has 0 aromatic heterocycles. The molecule has 26 heavy (non-hydrogen) atoms. The maximum Gasteiger partial charge on any atom is 0.317 e. The summed E-state index contributed by atoms with van der Waals surface area (Å²) >= 11 is 0. The minimum Gasteiger partial charge on any atom is -0.465 e. The molecule has 7 heteroatoms. The second kappa shape index (κ2) is 8.84. The predicted molar refractivity (Wildman–Crippen MR) is 91.9 cm³/mol. The number of hydrogen-bond donors (Lipinski definition) is 0. The lowest BCUT2D eigenvalue weighted by atomic mass is 9.81. The summed E-state index contributed by atoms with van der Waals surface area (Å²) in [7, 11) is 0. The highest BCUT2D eigenvalue weighted by Gasteiger charge is 2.40. The van der Waals surface area contributed by atoms with Crippen LogP contribution >= 0.6 is 0 Å². The third-order valence-electron chi connectivity index (χ3n) is 3.93. The van der Waals surface area contributed by atoms with Crippen molar-refractivity contribution in [1.29, 1.82) is 0 Å². The summed E-state index contributed by atoms with van der Waals surface area (Å²) in [5, 5.41) is 11.2. The van der Waals surface area contributed by atoms with Crippen LogP contribution in [0.25, 0.3) is 0 Å². The van der Waals surface area contributed by atoms with E-state index in [0.29, 0.717) is 5.56 Å². The Labute approximate surface area is 149 Å². The number of carbonyl (C=O) groups is 2. The number of carbonyl (C=O) groups excluding carboxylic acids is 2. The van der Waals surface area contributed by atoms with Crippen molar-refractivity contribution >= 4 is 11.8 Å². The van der Waals surface area contributed by atoms with Gasteiger partial charge >= 0.3 is 5.97 Å². The molecule has 0 saturated carbocycles. The van der Waals surface area contributed by atoms with Crippen LogP contribution in [0, 0.1) is 21.8 Å². The first-order chi connectivity index (χ1) is 12.4. The third-order valence-corrected chi connectivity index (χ3v) is 3.93. The number of rotatable bonds is 8. The number of ketones is 1. The summed E-state index contributed by atoms with van der Waals surface area (Å²) in [6.45, 7) is 1.01. The van der Waals surface area contributed by atoms with E-state index in [1.54, 1.807) is 37.3 Å². The van der Waals surface area contributed by atoms with Crippen molar-refractivity contribution in [3.8, 4) is 0 Å². The summed E-state index contributed by atoms with van der Waals surface area (Å²) in [4.78, 5) is 36.0. The van der Waals surface area contributed by atoms with Gasteiger partial charge in [-0.3, -0.25) is 19.7 Å². The smallest absolute Gasteiger partial charge is 0.317 e. The third kappa shape index (κ3) is 4.72. The van der Waals surface area contributed by atoms with Gasteiger partial charge in [0.25, 0.3) is 0 Å². The maximum atomic E-state index is 13.1. The normalized spacial score (nSPS) is 12.8. The van der Waals surface area contributed by atoms with E-state index < -0.39 is 40.9 Å². The largest absolute Gasteiger partial charge is 0.465 e. The van der Waals surface area contributed by atoms with Crippen LogP contribution in [0.4, 0.5) is 4.39 Å². The lowest BCUT2D eigenvalue weighted by Crippen LogP contribution is -2.35. The molecule has 0 amide bonds. The molecule has 2 rings (SSSR count). The lowest BCUT2D eigenvalue weighted by molar-refractivity contribution is -0.484.